The average Bonchev–Trinajstić information content (AvgIpc) is 3.04. The number of benzene rings is 1. The molecule has 9 heteroatoms. The molecule has 2 N–H and O–H groups in total. The highest BCUT2D eigenvalue weighted by Crippen LogP contribution is 2.33. The molecule has 0 saturated carbocycles. The van der Waals surface area contributed by atoms with Crippen LogP contribution in [0.25, 0.3) is 10.9 Å². The van der Waals surface area contributed by atoms with Crippen molar-refractivity contribution < 1.29 is 18.0 Å². The number of rotatable bonds is 2. The standard InChI is InChI=1S/C13H9F3N4OS/c1-6-10(22-5-17-6)12(21)18-11-8-4-7(13(14,15)16)2-3-9(8)19-20-11/h2-5H,1H3,(H2,18,19,20,21). The molecule has 114 valence electrons. The fraction of sp³-hybridized carbons (Fsp3) is 0.154. The summed E-state index contributed by atoms with van der Waals surface area (Å²) in [5, 5.41) is 9.15. The lowest BCUT2D eigenvalue weighted by molar-refractivity contribution is -0.137. The maximum absolute atomic E-state index is 12.8. The Morgan fingerprint density at radius 3 is 2.77 bits per heavy atom. The van der Waals surface area contributed by atoms with Crippen LogP contribution in [0, 0.1) is 6.92 Å². The second kappa shape index (κ2) is 5.09. The van der Waals surface area contributed by atoms with Crippen LogP contribution in [0.4, 0.5) is 19.0 Å². The Labute approximate surface area is 126 Å². The number of aryl methyl sites for hydroxylation is 1. The molecule has 1 aromatic carbocycles. The lowest BCUT2D eigenvalue weighted by Crippen LogP contribution is -2.12. The lowest BCUT2D eigenvalue weighted by atomic mass is 10.1. The minimum absolute atomic E-state index is 0.0545. The fourth-order valence-electron chi connectivity index (χ4n) is 1.97. The zero-order chi connectivity index (χ0) is 15.9. The number of hydrogen-bond donors (Lipinski definition) is 2. The van der Waals surface area contributed by atoms with E-state index in [9.17, 15) is 18.0 Å². The van der Waals surface area contributed by atoms with Crippen LogP contribution in [0.15, 0.2) is 23.7 Å². The molecule has 0 aliphatic rings. The van der Waals surface area contributed by atoms with Gasteiger partial charge in [-0.1, -0.05) is 0 Å². The van der Waals surface area contributed by atoms with E-state index >= 15 is 0 Å². The van der Waals surface area contributed by atoms with Crippen molar-refractivity contribution in [2.24, 2.45) is 0 Å². The predicted octanol–water partition coefficient (Wildman–Crippen LogP) is 3.60. The highest BCUT2D eigenvalue weighted by atomic mass is 32.1. The number of alkyl halides is 3. The average molecular weight is 326 g/mol. The number of hydrogen-bond acceptors (Lipinski definition) is 4. The Kier molecular flexibility index (Phi) is 3.36. The van der Waals surface area contributed by atoms with Gasteiger partial charge in [-0.15, -0.1) is 11.3 Å². The number of H-pyrrole nitrogens is 1. The largest absolute Gasteiger partial charge is 0.416 e. The van der Waals surface area contributed by atoms with E-state index in [1.54, 1.807) is 6.92 Å². The first-order chi connectivity index (χ1) is 10.4. The Hall–Kier alpha value is -2.42. The molecule has 3 rings (SSSR count). The van der Waals surface area contributed by atoms with Gasteiger partial charge in [0, 0.05) is 5.39 Å². The number of halogens is 3. The first kappa shape index (κ1) is 14.5. The van der Waals surface area contributed by atoms with Crippen molar-refractivity contribution in [2.75, 3.05) is 5.32 Å². The molecule has 0 bridgehead atoms. The zero-order valence-electron chi connectivity index (χ0n) is 11.2. The van der Waals surface area contributed by atoms with E-state index in [2.05, 4.69) is 20.5 Å². The van der Waals surface area contributed by atoms with Crippen molar-refractivity contribution in [3.63, 3.8) is 0 Å². The van der Waals surface area contributed by atoms with Gasteiger partial charge in [0.1, 0.15) is 4.88 Å². The fourth-order valence-corrected chi connectivity index (χ4v) is 2.67. The van der Waals surface area contributed by atoms with Gasteiger partial charge in [0.2, 0.25) is 0 Å². The Morgan fingerprint density at radius 1 is 1.36 bits per heavy atom. The number of nitrogens with one attached hydrogen (secondary N) is 2. The Bertz CT molecular complexity index is 852. The van der Waals surface area contributed by atoms with Crippen LogP contribution < -0.4 is 5.32 Å². The first-order valence-corrected chi connectivity index (χ1v) is 7.01. The van der Waals surface area contributed by atoms with E-state index in [0.29, 0.717) is 16.1 Å². The molecule has 2 aromatic heterocycles. The number of aromatic nitrogens is 3. The van der Waals surface area contributed by atoms with E-state index < -0.39 is 17.6 Å². The topological polar surface area (TPSA) is 70.7 Å². The first-order valence-electron chi connectivity index (χ1n) is 6.13. The number of thiazole rings is 1. The maximum Gasteiger partial charge on any atom is 0.416 e. The Morgan fingerprint density at radius 2 is 2.14 bits per heavy atom. The summed E-state index contributed by atoms with van der Waals surface area (Å²) < 4.78 is 38.3. The van der Waals surface area contributed by atoms with Crippen molar-refractivity contribution in [1.29, 1.82) is 0 Å². The summed E-state index contributed by atoms with van der Waals surface area (Å²) in [6.45, 7) is 1.68. The molecular formula is C13H9F3N4OS. The van der Waals surface area contributed by atoms with E-state index in [0.717, 1.165) is 23.5 Å². The number of carbonyl (C=O) groups is 1. The van der Waals surface area contributed by atoms with Crippen LogP contribution in [0.1, 0.15) is 20.9 Å². The second-order valence-electron chi connectivity index (χ2n) is 4.55. The van der Waals surface area contributed by atoms with Crippen molar-refractivity contribution in [1.82, 2.24) is 15.2 Å². The van der Waals surface area contributed by atoms with Gasteiger partial charge in [0.25, 0.3) is 5.91 Å². The molecule has 0 aliphatic heterocycles. The van der Waals surface area contributed by atoms with Gasteiger partial charge in [0.05, 0.1) is 22.3 Å². The molecule has 0 radical (unpaired) electrons. The number of carbonyl (C=O) groups excluding carboxylic acids is 1. The molecule has 0 saturated heterocycles. The summed E-state index contributed by atoms with van der Waals surface area (Å²) >= 11 is 1.15. The number of aromatic amines is 1. The third-order valence-electron chi connectivity index (χ3n) is 3.07. The van der Waals surface area contributed by atoms with Crippen LogP contribution in [-0.2, 0) is 6.18 Å². The highest BCUT2D eigenvalue weighted by molar-refractivity contribution is 7.12. The van der Waals surface area contributed by atoms with Crippen molar-refractivity contribution in [2.45, 2.75) is 13.1 Å². The van der Waals surface area contributed by atoms with Crippen LogP contribution in [-0.4, -0.2) is 21.1 Å². The lowest BCUT2D eigenvalue weighted by Gasteiger charge is -2.06. The zero-order valence-corrected chi connectivity index (χ0v) is 12.0. The van der Waals surface area contributed by atoms with Crippen LogP contribution in [0.2, 0.25) is 0 Å². The van der Waals surface area contributed by atoms with Gasteiger partial charge >= 0.3 is 6.18 Å². The smallest absolute Gasteiger partial charge is 0.304 e. The minimum atomic E-state index is -4.46. The molecule has 0 aliphatic carbocycles. The summed E-state index contributed by atoms with van der Waals surface area (Å²) in [7, 11) is 0. The van der Waals surface area contributed by atoms with Crippen LogP contribution in [0.3, 0.4) is 0 Å². The number of amides is 1. The van der Waals surface area contributed by atoms with Gasteiger partial charge in [0.15, 0.2) is 5.82 Å². The van der Waals surface area contributed by atoms with Crippen LogP contribution in [0.5, 0.6) is 0 Å². The van der Waals surface area contributed by atoms with E-state index in [1.807, 2.05) is 0 Å². The van der Waals surface area contributed by atoms with E-state index in [1.165, 1.54) is 11.6 Å². The molecule has 0 atom stereocenters. The van der Waals surface area contributed by atoms with E-state index in [4.69, 9.17) is 0 Å². The monoisotopic (exact) mass is 326 g/mol. The van der Waals surface area contributed by atoms with Gasteiger partial charge in [-0.25, -0.2) is 4.98 Å². The maximum atomic E-state index is 12.8. The molecule has 0 fully saturated rings. The molecule has 2 heterocycles. The normalized spacial score (nSPS) is 11.8. The van der Waals surface area contributed by atoms with Crippen molar-refractivity contribution in [3.05, 3.63) is 39.8 Å². The van der Waals surface area contributed by atoms with Gasteiger partial charge < -0.3 is 5.32 Å². The third kappa shape index (κ3) is 2.54. The molecular weight excluding hydrogens is 317 g/mol. The molecule has 22 heavy (non-hydrogen) atoms. The van der Waals surface area contributed by atoms with Gasteiger partial charge in [-0.05, 0) is 25.1 Å². The number of fused-ring (bicyclic) bond motifs is 1. The number of anilines is 1. The van der Waals surface area contributed by atoms with Crippen molar-refractivity contribution in [3.8, 4) is 0 Å². The summed E-state index contributed by atoms with van der Waals surface area (Å²) in [5.41, 5.74) is 1.68. The summed E-state index contributed by atoms with van der Waals surface area (Å²) in [4.78, 5) is 16.5. The minimum Gasteiger partial charge on any atom is -0.304 e. The predicted molar refractivity (Wildman–Crippen MR) is 75.9 cm³/mol. The van der Waals surface area contributed by atoms with Gasteiger partial charge in [-0.3, -0.25) is 9.89 Å². The molecule has 1 amide bonds. The van der Waals surface area contributed by atoms with Gasteiger partial charge in [-0.2, -0.15) is 18.3 Å². The highest BCUT2D eigenvalue weighted by Gasteiger charge is 2.31. The molecule has 5 nitrogen and oxygen atoms in total. The van der Waals surface area contributed by atoms with Crippen molar-refractivity contribution >= 4 is 34.0 Å². The summed E-state index contributed by atoms with van der Waals surface area (Å²) in [5.74, 6) is -0.398. The SMILES string of the molecule is Cc1ncsc1C(=O)Nc1n[nH]c2ccc(C(F)(F)F)cc12. The third-order valence-corrected chi connectivity index (χ3v) is 4.00. The summed E-state index contributed by atoms with van der Waals surface area (Å²) in [6.07, 6.45) is -4.46. The van der Waals surface area contributed by atoms with Crippen LogP contribution >= 0.6 is 11.3 Å². The summed E-state index contributed by atoms with van der Waals surface area (Å²) in [6, 6.07) is 3.19. The number of nitrogens with zero attached hydrogens (tertiary/aromatic N) is 2. The Balaban J connectivity index is 1.97. The molecule has 0 spiro atoms. The quantitative estimate of drug-likeness (QED) is 0.756. The van der Waals surface area contributed by atoms with E-state index in [-0.39, 0.29) is 11.2 Å². The second-order valence-corrected chi connectivity index (χ2v) is 5.41. The molecule has 0 unspecified atom stereocenters. The molecule has 3 aromatic rings.